The van der Waals surface area contributed by atoms with Crippen LogP contribution in [-0.2, 0) is 16.0 Å². The lowest BCUT2D eigenvalue weighted by Crippen LogP contribution is -2.27. The average Bonchev–Trinajstić information content (AvgIpc) is 2.39. The molecule has 102 valence electrons. The number of benzene rings is 1. The average molecular weight is 252 g/mol. The molecule has 2 N–H and O–H groups in total. The Labute approximate surface area is 110 Å². The summed E-state index contributed by atoms with van der Waals surface area (Å²) in [4.78, 5) is 2.32. The first-order valence-corrected chi connectivity index (χ1v) is 6.40. The summed E-state index contributed by atoms with van der Waals surface area (Å²) in [6, 6.07) is 8.00. The number of hydrogen-bond donors (Lipinski definition) is 1. The number of nitrogens with zero attached hydrogens (tertiary/aromatic N) is 1. The second kappa shape index (κ2) is 8.91. The summed E-state index contributed by atoms with van der Waals surface area (Å²) in [7, 11) is 1.68. The predicted octanol–water partition coefficient (Wildman–Crippen LogP) is 1.75. The third-order valence-corrected chi connectivity index (χ3v) is 2.88. The van der Waals surface area contributed by atoms with E-state index < -0.39 is 0 Å². The second-order valence-electron chi connectivity index (χ2n) is 4.17. The van der Waals surface area contributed by atoms with Crippen molar-refractivity contribution in [1.29, 1.82) is 0 Å². The highest BCUT2D eigenvalue weighted by Gasteiger charge is 2.05. The van der Waals surface area contributed by atoms with Gasteiger partial charge < -0.3 is 15.2 Å². The maximum absolute atomic E-state index is 5.94. The molecule has 1 aromatic rings. The van der Waals surface area contributed by atoms with E-state index in [-0.39, 0.29) is 0 Å². The summed E-state index contributed by atoms with van der Waals surface area (Å²) in [5.41, 5.74) is 7.98. The van der Waals surface area contributed by atoms with Crippen molar-refractivity contribution in [1.82, 2.24) is 4.90 Å². The monoisotopic (exact) mass is 252 g/mol. The van der Waals surface area contributed by atoms with Crippen molar-refractivity contribution in [2.75, 3.05) is 45.8 Å². The summed E-state index contributed by atoms with van der Waals surface area (Å²) in [6.45, 7) is 6.95. The molecule has 0 unspecified atom stereocenters. The zero-order valence-electron chi connectivity index (χ0n) is 11.4. The molecule has 0 fully saturated rings. The Morgan fingerprint density at radius 2 is 1.94 bits per heavy atom. The fourth-order valence-electron chi connectivity index (χ4n) is 1.71. The molecule has 0 aromatic heterocycles. The molecule has 0 saturated carbocycles. The van der Waals surface area contributed by atoms with Crippen molar-refractivity contribution >= 4 is 5.69 Å². The fraction of sp³-hybridized carbons (Fsp3) is 0.571. The molecule has 18 heavy (non-hydrogen) atoms. The molecular weight excluding hydrogens is 228 g/mol. The lowest BCUT2D eigenvalue weighted by molar-refractivity contribution is 0.0568. The highest BCUT2D eigenvalue weighted by Crippen LogP contribution is 2.12. The molecule has 0 bridgehead atoms. The molecule has 0 radical (unpaired) electrons. The van der Waals surface area contributed by atoms with Crippen LogP contribution in [0.1, 0.15) is 12.5 Å². The van der Waals surface area contributed by atoms with Gasteiger partial charge in [-0.2, -0.15) is 0 Å². The Hall–Kier alpha value is -1.10. The van der Waals surface area contributed by atoms with Gasteiger partial charge in [0.15, 0.2) is 0 Å². The zero-order valence-corrected chi connectivity index (χ0v) is 11.4. The van der Waals surface area contributed by atoms with Crippen LogP contribution in [0.3, 0.4) is 0 Å². The van der Waals surface area contributed by atoms with Crippen molar-refractivity contribution in [2.45, 2.75) is 13.5 Å². The zero-order chi connectivity index (χ0) is 13.2. The molecular formula is C14H24N2O2. The molecule has 1 aromatic carbocycles. The Morgan fingerprint density at radius 3 is 2.61 bits per heavy atom. The van der Waals surface area contributed by atoms with E-state index in [9.17, 15) is 0 Å². The van der Waals surface area contributed by atoms with E-state index in [2.05, 4.69) is 17.9 Å². The molecule has 0 aliphatic heterocycles. The lowest BCUT2D eigenvalue weighted by Gasteiger charge is -2.21. The van der Waals surface area contributed by atoms with Gasteiger partial charge in [-0.15, -0.1) is 0 Å². The summed E-state index contributed by atoms with van der Waals surface area (Å²) in [5.74, 6) is 0. The summed E-state index contributed by atoms with van der Waals surface area (Å²) >= 11 is 0. The van der Waals surface area contributed by atoms with Crippen LogP contribution < -0.4 is 5.73 Å². The minimum absolute atomic E-state index is 0.651. The van der Waals surface area contributed by atoms with E-state index >= 15 is 0 Å². The van der Waals surface area contributed by atoms with Gasteiger partial charge in [0.05, 0.1) is 19.8 Å². The van der Waals surface area contributed by atoms with Crippen LogP contribution in [-0.4, -0.2) is 44.9 Å². The van der Waals surface area contributed by atoms with Gasteiger partial charge in [0.1, 0.15) is 0 Å². The topological polar surface area (TPSA) is 47.7 Å². The molecule has 0 saturated heterocycles. The van der Waals surface area contributed by atoms with E-state index in [0.29, 0.717) is 13.2 Å². The fourth-order valence-corrected chi connectivity index (χ4v) is 1.71. The first-order valence-electron chi connectivity index (χ1n) is 6.40. The molecule has 4 nitrogen and oxygen atoms in total. The first kappa shape index (κ1) is 15.0. The lowest BCUT2D eigenvalue weighted by atomic mass is 10.1. The number of nitrogen functional groups attached to an aromatic ring is 1. The highest BCUT2D eigenvalue weighted by atomic mass is 16.5. The minimum Gasteiger partial charge on any atom is -0.398 e. The van der Waals surface area contributed by atoms with Gasteiger partial charge >= 0.3 is 0 Å². The normalized spacial score (nSPS) is 11.1. The SMILES string of the molecule is CCN(CCOCCOC)Cc1ccccc1N. The van der Waals surface area contributed by atoms with E-state index in [1.807, 2.05) is 18.2 Å². The van der Waals surface area contributed by atoms with Gasteiger partial charge in [-0.05, 0) is 18.2 Å². The highest BCUT2D eigenvalue weighted by molar-refractivity contribution is 5.46. The van der Waals surface area contributed by atoms with Crippen molar-refractivity contribution in [2.24, 2.45) is 0 Å². The van der Waals surface area contributed by atoms with Crippen molar-refractivity contribution in [3.05, 3.63) is 29.8 Å². The van der Waals surface area contributed by atoms with Gasteiger partial charge in [0.25, 0.3) is 0 Å². The predicted molar refractivity (Wildman–Crippen MR) is 74.5 cm³/mol. The maximum atomic E-state index is 5.94. The number of hydrogen-bond acceptors (Lipinski definition) is 4. The van der Waals surface area contributed by atoms with E-state index in [0.717, 1.165) is 31.9 Å². The van der Waals surface area contributed by atoms with Crippen LogP contribution >= 0.6 is 0 Å². The number of para-hydroxylation sites is 1. The Kier molecular flexibility index (Phi) is 7.41. The summed E-state index contributed by atoms with van der Waals surface area (Å²) in [5, 5.41) is 0. The van der Waals surface area contributed by atoms with Crippen LogP contribution in [0.15, 0.2) is 24.3 Å². The van der Waals surface area contributed by atoms with E-state index in [4.69, 9.17) is 15.2 Å². The largest absolute Gasteiger partial charge is 0.398 e. The van der Waals surface area contributed by atoms with E-state index in [1.54, 1.807) is 7.11 Å². The summed E-state index contributed by atoms with van der Waals surface area (Å²) in [6.07, 6.45) is 0. The first-order chi connectivity index (χ1) is 8.77. The van der Waals surface area contributed by atoms with Gasteiger partial charge in [-0.1, -0.05) is 25.1 Å². The Morgan fingerprint density at radius 1 is 1.17 bits per heavy atom. The Balaban J connectivity index is 2.31. The number of ether oxygens (including phenoxy) is 2. The molecule has 0 aliphatic carbocycles. The smallest absolute Gasteiger partial charge is 0.0700 e. The minimum atomic E-state index is 0.651. The summed E-state index contributed by atoms with van der Waals surface area (Å²) < 4.78 is 10.4. The number of methoxy groups -OCH3 is 1. The van der Waals surface area contributed by atoms with Gasteiger partial charge in [0.2, 0.25) is 0 Å². The van der Waals surface area contributed by atoms with Crippen LogP contribution in [0, 0.1) is 0 Å². The third-order valence-electron chi connectivity index (χ3n) is 2.88. The van der Waals surface area contributed by atoms with Crippen LogP contribution in [0.25, 0.3) is 0 Å². The van der Waals surface area contributed by atoms with Crippen LogP contribution in [0.4, 0.5) is 5.69 Å². The van der Waals surface area contributed by atoms with Crippen LogP contribution in [0.5, 0.6) is 0 Å². The molecule has 0 heterocycles. The van der Waals surface area contributed by atoms with Crippen molar-refractivity contribution in [3.8, 4) is 0 Å². The number of likely N-dealkylation sites (N-methyl/N-ethyl adjacent to an activating group) is 1. The van der Waals surface area contributed by atoms with Gasteiger partial charge in [-0.25, -0.2) is 0 Å². The third kappa shape index (κ3) is 5.49. The molecule has 1 rings (SSSR count). The van der Waals surface area contributed by atoms with Crippen molar-refractivity contribution < 1.29 is 9.47 Å². The number of nitrogens with two attached hydrogens (primary N) is 1. The number of anilines is 1. The standard InChI is InChI=1S/C14H24N2O2/c1-3-16(8-9-18-11-10-17-2)12-13-6-4-5-7-14(13)15/h4-7H,3,8-12,15H2,1-2H3. The molecule has 4 heteroatoms. The van der Waals surface area contributed by atoms with Crippen LogP contribution in [0.2, 0.25) is 0 Å². The van der Waals surface area contributed by atoms with Crippen molar-refractivity contribution in [3.63, 3.8) is 0 Å². The van der Waals surface area contributed by atoms with E-state index in [1.165, 1.54) is 5.56 Å². The maximum Gasteiger partial charge on any atom is 0.0700 e. The molecule has 0 aliphatic rings. The molecule has 0 spiro atoms. The second-order valence-corrected chi connectivity index (χ2v) is 4.17. The van der Waals surface area contributed by atoms with Gasteiger partial charge in [-0.3, -0.25) is 4.90 Å². The molecule has 0 amide bonds. The molecule has 0 atom stereocenters. The Bertz CT molecular complexity index is 331. The number of rotatable bonds is 9. The quantitative estimate of drug-likeness (QED) is 0.537. The van der Waals surface area contributed by atoms with Gasteiger partial charge in [0, 0.05) is 25.9 Å².